The summed E-state index contributed by atoms with van der Waals surface area (Å²) in [7, 11) is 1.54. The second kappa shape index (κ2) is 6.41. The number of likely N-dealkylation sites (N-methyl/N-ethyl adjacent to an activating group) is 1. The topological polar surface area (TPSA) is 95.7 Å². The molecule has 1 saturated carbocycles. The number of nitrogens with two attached hydrogens (primary N) is 1. The van der Waals surface area contributed by atoms with Crippen LogP contribution in [0, 0.1) is 0 Å². The molecular weight excluding hydrogens is 284 g/mol. The predicted octanol–water partition coefficient (Wildman–Crippen LogP) is -0.310. The molecule has 1 aliphatic heterocycles. The van der Waals surface area contributed by atoms with Crippen LogP contribution in [0.25, 0.3) is 0 Å². The third-order valence-electron chi connectivity index (χ3n) is 3.89. The third-order valence-corrected chi connectivity index (χ3v) is 3.89. The van der Waals surface area contributed by atoms with Crippen LogP contribution in [0.15, 0.2) is 0 Å². The van der Waals surface area contributed by atoms with Crippen molar-refractivity contribution in [2.75, 3.05) is 26.7 Å². The SMILES string of the molecule is CN1CC(=O)N(CC(=O)NC2(CN)CCCC2)C1=O.Cl. The molecular formula is C12H21ClN4O3. The quantitative estimate of drug-likeness (QED) is 0.696. The fourth-order valence-corrected chi connectivity index (χ4v) is 2.74. The molecule has 2 aliphatic rings. The van der Waals surface area contributed by atoms with Gasteiger partial charge in [0, 0.05) is 13.6 Å². The fraction of sp³-hybridized carbons (Fsp3) is 0.750. The number of urea groups is 1. The fourth-order valence-electron chi connectivity index (χ4n) is 2.74. The molecule has 0 aromatic heterocycles. The summed E-state index contributed by atoms with van der Waals surface area (Å²) >= 11 is 0. The maximum Gasteiger partial charge on any atom is 0.327 e. The lowest BCUT2D eigenvalue weighted by molar-refractivity contribution is -0.131. The molecule has 0 spiro atoms. The van der Waals surface area contributed by atoms with Crippen LogP contribution in [0.1, 0.15) is 25.7 Å². The molecule has 3 N–H and O–H groups in total. The van der Waals surface area contributed by atoms with Gasteiger partial charge in [-0.15, -0.1) is 12.4 Å². The summed E-state index contributed by atoms with van der Waals surface area (Å²) in [5.74, 6) is -0.653. The van der Waals surface area contributed by atoms with Crippen molar-refractivity contribution in [3.8, 4) is 0 Å². The van der Waals surface area contributed by atoms with Gasteiger partial charge in [0.15, 0.2) is 0 Å². The van der Waals surface area contributed by atoms with Crippen LogP contribution in [-0.2, 0) is 9.59 Å². The summed E-state index contributed by atoms with van der Waals surface area (Å²) in [5.41, 5.74) is 5.38. The van der Waals surface area contributed by atoms with Crippen molar-refractivity contribution in [1.82, 2.24) is 15.1 Å². The molecule has 0 unspecified atom stereocenters. The Morgan fingerprint density at radius 2 is 1.95 bits per heavy atom. The van der Waals surface area contributed by atoms with Crippen molar-refractivity contribution < 1.29 is 14.4 Å². The molecule has 20 heavy (non-hydrogen) atoms. The van der Waals surface area contributed by atoms with Crippen molar-refractivity contribution >= 4 is 30.3 Å². The predicted molar refractivity (Wildman–Crippen MR) is 75.4 cm³/mol. The summed E-state index contributed by atoms with van der Waals surface area (Å²) in [6.07, 6.45) is 3.80. The van der Waals surface area contributed by atoms with Gasteiger partial charge in [0.05, 0.1) is 5.54 Å². The third kappa shape index (κ3) is 3.21. The molecule has 0 aromatic rings. The van der Waals surface area contributed by atoms with Gasteiger partial charge < -0.3 is 16.0 Å². The first-order valence-corrected chi connectivity index (χ1v) is 6.54. The Morgan fingerprint density at radius 3 is 2.40 bits per heavy atom. The van der Waals surface area contributed by atoms with Gasteiger partial charge in [-0.3, -0.25) is 14.5 Å². The van der Waals surface area contributed by atoms with Gasteiger partial charge in [-0.25, -0.2) is 4.79 Å². The number of carbonyl (C=O) groups excluding carboxylic acids is 3. The summed E-state index contributed by atoms with van der Waals surface area (Å²) in [4.78, 5) is 37.5. The van der Waals surface area contributed by atoms with E-state index in [-0.39, 0.29) is 42.8 Å². The lowest BCUT2D eigenvalue weighted by Crippen LogP contribution is -2.54. The first kappa shape index (κ1) is 16.7. The number of nitrogens with zero attached hydrogens (tertiary/aromatic N) is 2. The van der Waals surface area contributed by atoms with Gasteiger partial charge in [0.2, 0.25) is 5.91 Å². The molecule has 2 fully saturated rings. The van der Waals surface area contributed by atoms with E-state index in [2.05, 4.69) is 5.32 Å². The normalized spacial score (nSPS) is 21.1. The van der Waals surface area contributed by atoms with Crippen LogP contribution < -0.4 is 11.1 Å². The van der Waals surface area contributed by atoms with Crippen LogP contribution >= 0.6 is 12.4 Å². The number of halogens is 1. The Labute approximate surface area is 124 Å². The van der Waals surface area contributed by atoms with Gasteiger partial charge in [-0.2, -0.15) is 0 Å². The van der Waals surface area contributed by atoms with Crippen LogP contribution in [0.2, 0.25) is 0 Å². The smallest absolute Gasteiger partial charge is 0.327 e. The zero-order valence-corrected chi connectivity index (χ0v) is 12.4. The highest BCUT2D eigenvalue weighted by atomic mass is 35.5. The number of amides is 4. The molecule has 8 heteroatoms. The molecule has 114 valence electrons. The molecule has 1 saturated heterocycles. The first-order chi connectivity index (χ1) is 8.97. The van der Waals surface area contributed by atoms with E-state index >= 15 is 0 Å². The average Bonchev–Trinajstić information content (AvgIpc) is 2.91. The Bertz CT molecular complexity index is 410. The van der Waals surface area contributed by atoms with Crippen LogP contribution in [0.3, 0.4) is 0 Å². The molecule has 2 rings (SSSR count). The van der Waals surface area contributed by atoms with E-state index in [1.807, 2.05) is 0 Å². The first-order valence-electron chi connectivity index (χ1n) is 6.54. The van der Waals surface area contributed by atoms with Crippen molar-refractivity contribution in [3.63, 3.8) is 0 Å². The van der Waals surface area contributed by atoms with E-state index in [4.69, 9.17) is 5.73 Å². The van der Waals surface area contributed by atoms with Crippen molar-refractivity contribution in [2.45, 2.75) is 31.2 Å². The second-order valence-electron chi connectivity index (χ2n) is 5.36. The van der Waals surface area contributed by atoms with E-state index < -0.39 is 6.03 Å². The van der Waals surface area contributed by atoms with Gasteiger partial charge in [0.25, 0.3) is 5.91 Å². The number of carbonyl (C=O) groups is 3. The van der Waals surface area contributed by atoms with Gasteiger partial charge in [0.1, 0.15) is 13.1 Å². The molecule has 0 atom stereocenters. The Kier molecular flexibility index (Phi) is 5.35. The zero-order chi connectivity index (χ0) is 14.0. The molecule has 4 amide bonds. The van der Waals surface area contributed by atoms with E-state index in [1.54, 1.807) is 0 Å². The highest BCUT2D eigenvalue weighted by molar-refractivity contribution is 6.04. The second-order valence-corrected chi connectivity index (χ2v) is 5.36. The van der Waals surface area contributed by atoms with Gasteiger partial charge in [-0.1, -0.05) is 12.8 Å². The number of hydrogen-bond donors (Lipinski definition) is 2. The van der Waals surface area contributed by atoms with Gasteiger partial charge >= 0.3 is 6.03 Å². The van der Waals surface area contributed by atoms with Crippen LogP contribution in [-0.4, -0.2) is 59.9 Å². The zero-order valence-electron chi connectivity index (χ0n) is 11.6. The molecule has 7 nitrogen and oxygen atoms in total. The molecule has 0 aromatic carbocycles. The summed E-state index contributed by atoms with van der Waals surface area (Å²) < 4.78 is 0. The monoisotopic (exact) mass is 304 g/mol. The minimum Gasteiger partial charge on any atom is -0.348 e. The number of imide groups is 1. The average molecular weight is 305 g/mol. The Hall–Kier alpha value is -1.34. The molecule has 1 heterocycles. The maximum atomic E-state index is 12.0. The van der Waals surface area contributed by atoms with Crippen LogP contribution in [0.4, 0.5) is 4.79 Å². The summed E-state index contributed by atoms with van der Waals surface area (Å²) in [5, 5.41) is 2.90. The maximum absolute atomic E-state index is 12.0. The van der Waals surface area contributed by atoms with Crippen LogP contribution in [0.5, 0.6) is 0 Å². The molecule has 0 radical (unpaired) electrons. The Balaban J connectivity index is 0.00000200. The van der Waals surface area contributed by atoms with Gasteiger partial charge in [-0.05, 0) is 12.8 Å². The minimum atomic E-state index is -0.423. The number of rotatable bonds is 4. The summed E-state index contributed by atoms with van der Waals surface area (Å²) in [6, 6.07) is -0.423. The number of nitrogens with one attached hydrogen (secondary N) is 1. The number of hydrogen-bond acceptors (Lipinski definition) is 4. The minimum absolute atomic E-state index is 0. The lowest BCUT2D eigenvalue weighted by Gasteiger charge is -2.29. The lowest BCUT2D eigenvalue weighted by atomic mass is 9.98. The molecule has 1 aliphatic carbocycles. The Morgan fingerprint density at radius 1 is 1.35 bits per heavy atom. The van der Waals surface area contributed by atoms with E-state index in [1.165, 1.54) is 11.9 Å². The van der Waals surface area contributed by atoms with E-state index in [0.717, 1.165) is 30.6 Å². The largest absolute Gasteiger partial charge is 0.348 e. The molecule has 0 bridgehead atoms. The summed E-state index contributed by atoms with van der Waals surface area (Å²) in [6.45, 7) is 0.207. The van der Waals surface area contributed by atoms with E-state index in [9.17, 15) is 14.4 Å². The van der Waals surface area contributed by atoms with E-state index in [0.29, 0.717) is 6.54 Å². The standard InChI is InChI=1S/C12H20N4O3.ClH/c1-15-7-10(18)16(11(15)19)6-9(17)14-12(8-13)4-2-3-5-12;/h2-8,13H2,1H3,(H,14,17);1H. The highest BCUT2D eigenvalue weighted by Gasteiger charge is 2.38. The highest BCUT2D eigenvalue weighted by Crippen LogP contribution is 2.28. The van der Waals surface area contributed by atoms with Crippen molar-refractivity contribution in [3.05, 3.63) is 0 Å². The van der Waals surface area contributed by atoms with Crippen molar-refractivity contribution in [2.24, 2.45) is 5.73 Å². The van der Waals surface area contributed by atoms with Crippen molar-refractivity contribution in [1.29, 1.82) is 0 Å².